The van der Waals surface area contributed by atoms with Gasteiger partial charge in [0.15, 0.2) is 0 Å². The number of halogens is 1. The van der Waals surface area contributed by atoms with Crippen LogP contribution in [0.3, 0.4) is 0 Å². The van der Waals surface area contributed by atoms with Crippen LogP contribution in [-0.2, 0) is 0 Å². The molecule has 0 heterocycles. The fourth-order valence-corrected chi connectivity index (χ4v) is 3.18. The second-order valence-electron chi connectivity index (χ2n) is 7.18. The molecule has 0 fully saturated rings. The zero-order valence-electron chi connectivity index (χ0n) is 20.0. The lowest BCUT2D eigenvalue weighted by molar-refractivity contribution is -0.385. The molecule has 3 N–H and O–H groups in total. The van der Waals surface area contributed by atoms with Crippen molar-refractivity contribution in [2.24, 2.45) is 0 Å². The molecule has 4 rings (SSSR count). The SMILES string of the molecule is COc1cccc(N)c1.COc1cccc(Nc2cccc([N+](=O)[O-])c2)c1.O=[N+]([O-])c1cccc(Br)c1. The molecule has 11 heteroatoms. The largest absolute Gasteiger partial charge is 0.497 e. The molecule has 0 unspecified atom stereocenters. The van der Waals surface area contributed by atoms with E-state index >= 15 is 0 Å². The summed E-state index contributed by atoms with van der Waals surface area (Å²) in [5.41, 5.74) is 7.83. The lowest BCUT2D eigenvalue weighted by atomic mass is 10.2. The molecule has 0 atom stereocenters. The average Bonchev–Trinajstić information content (AvgIpc) is 2.89. The van der Waals surface area contributed by atoms with Crippen molar-refractivity contribution in [1.29, 1.82) is 0 Å². The first-order chi connectivity index (χ1) is 17.7. The maximum absolute atomic E-state index is 10.7. The lowest BCUT2D eigenvalue weighted by Crippen LogP contribution is -1.93. The molecule has 0 saturated carbocycles. The van der Waals surface area contributed by atoms with Crippen molar-refractivity contribution in [3.63, 3.8) is 0 Å². The van der Waals surface area contributed by atoms with Crippen LogP contribution in [0, 0.1) is 20.2 Å². The van der Waals surface area contributed by atoms with Crippen LogP contribution >= 0.6 is 15.9 Å². The predicted octanol–water partition coefficient (Wildman–Crippen LogP) is 6.98. The fraction of sp³-hybridized carbons (Fsp3) is 0.0769. The number of anilines is 3. The second kappa shape index (κ2) is 14.7. The average molecular weight is 569 g/mol. The topological polar surface area (TPSA) is 143 Å². The Balaban J connectivity index is 0.000000214. The molecule has 0 amide bonds. The highest BCUT2D eigenvalue weighted by Gasteiger charge is 2.06. The van der Waals surface area contributed by atoms with Gasteiger partial charge in [0, 0.05) is 57.9 Å². The van der Waals surface area contributed by atoms with E-state index < -0.39 is 9.85 Å². The number of non-ortho nitro benzene ring substituents is 2. The van der Waals surface area contributed by atoms with Crippen LogP contribution in [0.1, 0.15) is 0 Å². The molecule has 4 aromatic rings. The summed E-state index contributed by atoms with van der Waals surface area (Å²) in [5.74, 6) is 1.53. The van der Waals surface area contributed by atoms with Crippen molar-refractivity contribution in [2.45, 2.75) is 0 Å². The Labute approximate surface area is 222 Å². The molecule has 10 nitrogen and oxygen atoms in total. The van der Waals surface area contributed by atoms with Gasteiger partial charge in [0.1, 0.15) is 11.5 Å². The van der Waals surface area contributed by atoms with Crippen LogP contribution < -0.4 is 20.5 Å². The number of nitrogens with one attached hydrogen (secondary N) is 1. The summed E-state index contributed by atoms with van der Waals surface area (Å²) in [4.78, 5) is 20.0. The van der Waals surface area contributed by atoms with Crippen LogP contribution in [-0.4, -0.2) is 24.1 Å². The van der Waals surface area contributed by atoms with E-state index in [1.54, 1.807) is 44.6 Å². The molecule has 0 aliphatic carbocycles. The first-order valence-corrected chi connectivity index (χ1v) is 11.5. The van der Waals surface area contributed by atoms with Crippen LogP contribution in [0.4, 0.5) is 28.4 Å². The summed E-state index contributed by atoms with van der Waals surface area (Å²) >= 11 is 3.13. The minimum atomic E-state index is -0.426. The number of benzene rings is 4. The van der Waals surface area contributed by atoms with Gasteiger partial charge in [-0.1, -0.05) is 40.2 Å². The zero-order chi connectivity index (χ0) is 27.2. The number of rotatable bonds is 6. The third-order valence-corrected chi connectivity index (χ3v) is 5.02. The van der Waals surface area contributed by atoms with Gasteiger partial charge in [-0.05, 0) is 36.4 Å². The Morgan fingerprint density at radius 2 is 1.19 bits per heavy atom. The Morgan fingerprint density at radius 3 is 1.68 bits per heavy atom. The minimum Gasteiger partial charge on any atom is -0.497 e. The van der Waals surface area contributed by atoms with E-state index in [9.17, 15) is 20.2 Å². The standard InChI is InChI=1S/C13H12N2O3.C7H9NO.C6H4BrNO2/c1-18-13-7-3-5-11(9-13)14-10-4-2-6-12(8-10)15(16)17;1-9-7-4-2-3-6(8)5-7;7-5-2-1-3-6(4-5)8(9)10/h2-9,14H,1H3;2-5H,8H2,1H3;1-4H. The van der Waals surface area contributed by atoms with Gasteiger partial charge in [0.2, 0.25) is 0 Å². The summed E-state index contributed by atoms with van der Waals surface area (Å²) in [7, 11) is 3.21. The summed E-state index contributed by atoms with van der Waals surface area (Å²) in [6.07, 6.45) is 0. The van der Waals surface area contributed by atoms with Gasteiger partial charge in [-0.15, -0.1) is 0 Å². The van der Waals surface area contributed by atoms with E-state index in [-0.39, 0.29) is 11.4 Å². The van der Waals surface area contributed by atoms with Gasteiger partial charge < -0.3 is 20.5 Å². The maximum atomic E-state index is 10.7. The van der Waals surface area contributed by atoms with Crippen LogP contribution in [0.5, 0.6) is 11.5 Å². The van der Waals surface area contributed by atoms with Crippen LogP contribution in [0.2, 0.25) is 0 Å². The van der Waals surface area contributed by atoms with Crippen molar-refractivity contribution >= 4 is 44.4 Å². The summed E-state index contributed by atoms with van der Waals surface area (Å²) in [6, 6.07) is 27.3. The van der Waals surface area contributed by atoms with Gasteiger partial charge in [-0.2, -0.15) is 0 Å². The molecular formula is C26H25BrN4O6. The fourth-order valence-electron chi connectivity index (χ4n) is 2.80. The van der Waals surface area contributed by atoms with Gasteiger partial charge >= 0.3 is 0 Å². The minimum absolute atomic E-state index is 0.0582. The molecule has 0 aliphatic heterocycles. The Bertz CT molecular complexity index is 1340. The molecule has 37 heavy (non-hydrogen) atoms. The number of nitrogens with zero attached hydrogens (tertiary/aromatic N) is 2. The third kappa shape index (κ3) is 10.2. The first kappa shape index (κ1) is 28.6. The van der Waals surface area contributed by atoms with Gasteiger partial charge in [0.25, 0.3) is 11.4 Å². The van der Waals surface area contributed by atoms with Crippen molar-refractivity contribution in [1.82, 2.24) is 0 Å². The van der Waals surface area contributed by atoms with Crippen LogP contribution in [0.25, 0.3) is 0 Å². The van der Waals surface area contributed by atoms with E-state index in [4.69, 9.17) is 15.2 Å². The number of methoxy groups -OCH3 is 2. The third-order valence-electron chi connectivity index (χ3n) is 4.53. The van der Waals surface area contributed by atoms with Crippen molar-refractivity contribution in [3.8, 4) is 11.5 Å². The van der Waals surface area contributed by atoms with E-state index in [0.717, 1.165) is 27.3 Å². The number of nitro groups is 2. The summed E-state index contributed by atoms with van der Waals surface area (Å²) in [6.45, 7) is 0. The van der Waals surface area contributed by atoms with E-state index in [1.807, 2.05) is 42.5 Å². The highest BCUT2D eigenvalue weighted by atomic mass is 79.9. The summed E-state index contributed by atoms with van der Waals surface area (Å²) < 4.78 is 10.7. The Kier molecular flexibility index (Phi) is 11.4. The van der Waals surface area contributed by atoms with E-state index in [2.05, 4.69) is 21.2 Å². The predicted molar refractivity (Wildman–Crippen MR) is 148 cm³/mol. The number of nitro benzene ring substituents is 2. The normalized spacial score (nSPS) is 9.49. The quantitative estimate of drug-likeness (QED) is 0.144. The number of hydrogen-bond donors (Lipinski definition) is 2. The van der Waals surface area contributed by atoms with Crippen molar-refractivity contribution in [2.75, 3.05) is 25.3 Å². The first-order valence-electron chi connectivity index (χ1n) is 10.7. The Hall–Kier alpha value is -4.64. The molecule has 0 bridgehead atoms. The zero-order valence-corrected chi connectivity index (χ0v) is 21.6. The van der Waals surface area contributed by atoms with E-state index in [1.165, 1.54) is 24.3 Å². The maximum Gasteiger partial charge on any atom is 0.271 e. The molecule has 0 spiro atoms. The molecule has 0 aliphatic rings. The number of nitrogen functional groups attached to an aromatic ring is 1. The number of hydrogen-bond acceptors (Lipinski definition) is 8. The van der Waals surface area contributed by atoms with Crippen molar-refractivity contribution < 1.29 is 19.3 Å². The van der Waals surface area contributed by atoms with Crippen LogP contribution in [0.15, 0.2) is 102 Å². The monoisotopic (exact) mass is 568 g/mol. The van der Waals surface area contributed by atoms with Crippen molar-refractivity contribution in [3.05, 3.63) is 122 Å². The van der Waals surface area contributed by atoms with Gasteiger partial charge in [0.05, 0.1) is 24.1 Å². The highest BCUT2D eigenvalue weighted by Crippen LogP contribution is 2.24. The molecule has 192 valence electrons. The van der Waals surface area contributed by atoms with Gasteiger partial charge in [-0.3, -0.25) is 20.2 Å². The molecule has 0 aromatic heterocycles. The Morgan fingerprint density at radius 1 is 0.703 bits per heavy atom. The van der Waals surface area contributed by atoms with Gasteiger partial charge in [-0.25, -0.2) is 0 Å². The lowest BCUT2D eigenvalue weighted by Gasteiger charge is -2.07. The summed E-state index contributed by atoms with van der Waals surface area (Å²) in [5, 5.41) is 23.9. The number of ether oxygens (including phenoxy) is 2. The molecular weight excluding hydrogens is 544 g/mol. The molecule has 0 radical (unpaired) electrons. The smallest absolute Gasteiger partial charge is 0.271 e. The number of nitrogens with two attached hydrogens (primary N) is 1. The molecule has 4 aromatic carbocycles. The highest BCUT2D eigenvalue weighted by molar-refractivity contribution is 9.10. The second-order valence-corrected chi connectivity index (χ2v) is 8.09. The molecule has 0 saturated heterocycles. The van der Waals surface area contributed by atoms with E-state index in [0.29, 0.717) is 5.69 Å².